The van der Waals surface area contributed by atoms with Crippen LogP contribution in [0.2, 0.25) is 0 Å². The minimum absolute atomic E-state index is 0.0729. The first-order valence-corrected chi connectivity index (χ1v) is 7.16. The Bertz CT molecular complexity index is 500. The summed E-state index contributed by atoms with van der Waals surface area (Å²) >= 11 is 0. The van der Waals surface area contributed by atoms with E-state index >= 15 is 0 Å². The molecule has 104 valence electrons. The van der Waals surface area contributed by atoms with E-state index in [1.165, 1.54) is 0 Å². The van der Waals surface area contributed by atoms with Gasteiger partial charge in [0, 0.05) is 12.5 Å². The average Bonchev–Trinajstić information content (AvgIpc) is 2.93. The summed E-state index contributed by atoms with van der Waals surface area (Å²) in [5.41, 5.74) is 0.318. The molecule has 1 saturated carbocycles. The van der Waals surface area contributed by atoms with Crippen molar-refractivity contribution in [2.45, 2.75) is 50.4 Å². The third-order valence-electron chi connectivity index (χ3n) is 4.26. The Morgan fingerprint density at radius 2 is 1.89 bits per heavy atom. The summed E-state index contributed by atoms with van der Waals surface area (Å²) in [4.78, 5) is 19.3. The van der Waals surface area contributed by atoms with Crippen molar-refractivity contribution in [2.24, 2.45) is 0 Å². The lowest BCUT2D eigenvalue weighted by Crippen LogP contribution is -2.24. The molecule has 0 bridgehead atoms. The molecule has 0 amide bonds. The van der Waals surface area contributed by atoms with E-state index in [1.807, 2.05) is 0 Å². The van der Waals surface area contributed by atoms with E-state index in [0.717, 1.165) is 45.1 Å². The molecule has 5 heteroatoms. The minimum atomic E-state index is -0.167. The second-order valence-corrected chi connectivity index (χ2v) is 5.58. The van der Waals surface area contributed by atoms with Crippen LogP contribution in [0.1, 0.15) is 61.7 Å². The van der Waals surface area contributed by atoms with Gasteiger partial charge in [-0.25, -0.2) is 0 Å². The smallest absolute Gasteiger partial charge is 0.258 e. The van der Waals surface area contributed by atoms with Gasteiger partial charge in [-0.2, -0.15) is 4.98 Å². The molecule has 2 heterocycles. The summed E-state index contributed by atoms with van der Waals surface area (Å²) < 4.78 is 5.40. The van der Waals surface area contributed by atoms with Crippen molar-refractivity contribution in [3.05, 3.63) is 21.7 Å². The standard InChI is InChI=1S/C14H20N2O3/c17-13-11(9-4-1-2-5-9)14(18)16-12(15-13)10-6-3-7-19-8-10/h9-10H,1-8H2,(H2,15,16,17,18). The van der Waals surface area contributed by atoms with Gasteiger partial charge in [-0.1, -0.05) is 12.8 Å². The van der Waals surface area contributed by atoms with Gasteiger partial charge in [0.25, 0.3) is 5.56 Å². The monoisotopic (exact) mass is 264 g/mol. The number of aromatic nitrogens is 2. The van der Waals surface area contributed by atoms with Crippen molar-refractivity contribution < 1.29 is 9.84 Å². The van der Waals surface area contributed by atoms with Crippen LogP contribution in [-0.2, 0) is 4.74 Å². The third-order valence-corrected chi connectivity index (χ3v) is 4.26. The molecule has 1 saturated heterocycles. The molecule has 3 rings (SSSR count). The maximum atomic E-state index is 12.2. The predicted octanol–water partition coefficient (Wildman–Crippen LogP) is 2.03. The largest absolute Gasteiger partial charge is 0.493 e. The molecule has 0 radical (unpaired) electrons. The van der Waals surface area contributed by atoms with Crippen molar-refractivity contribution in [1.82, 2.24) is 9.97 Å². The van der Waals surface area contributed by atoms with Crippen molar-refractivity contribution in [2.75, 3.05) is 13.2 Å². The minimum Gasteiger partial charge on any atom is -0.493 e. The van der Waals surface area contributed by atoms with Crippen molar-refractivity contribution in [1.29, 1.82) is 0 Å². The number of rotatable bonds is 2. The van der Waals surface area contributed by atoms with Crippen molar-refractivity contribution in [3.63, 3.8) is 0 Å². The molecule has 0 aromatic carbocycles. The van der Waals surface area contributed by atoms with E-state index in [1.54, 1.807) is 0 Å². The van der Waals surface area contributed by atoms with Gasteiger partial charge >= 0.3 is 0 Å². The van der Waals surface area contributed by atoms with Gasteiger partial charge in [0.2, 0.25) is 5.88 Å². The second-order valence-electron chi connectivity index (χ2n) is 5.58. The molecule has 2 aliphatic rings. The van der Waals surface area contributed by atoms with Crippen LogP contribution in [-0.4, -0.2) is 28.3 Å². The fourth-order valence-corrected chi connectivity index (χ4v) is 3.22. The van der Waals surface area contributed by atoms with Crippen LogP contribution in [0.5, 0.6) is 5.88 Å². The van der Waals surface area contributed by atoms with Gasteiger partial charge in [-0.15, -0.1) is 0 Å². The Kier molecular flexibility index (Phi) is 3.55. The van der Waals surface area contributed by atoms with Crippen LogP contribution in [0.25, 0.3) is 0 Å². The number of aromatic amines is 1. The zero-order chi connectivity index (χ0) is 13.2. The van der Waals surface area contributed by atoms with Gasteiger partial charge in [0.05, 0.1) is 12.2 Å². The van der Waals surface area contributed by atoms with Crippen molar-refractivity contribution >= 4 is 0 Å². The van der Waals surface area contributed by atoms with Crippen molar-refractivity contribution in [3.8, 4) is 5.88 Å². The van der Waals surface area contributed by atoms with Gasteiger partial charge in [-0.3, -0.25) is 4.79 Å². The fourth-order valence-electron chi connectivity index (χ4n) is 3.22. The van der Waals surface area contributed by atoms with Crippen LogP contribution in [0, 0.1) is 0 Å². The summed E-state index contributed by atoms with van der Waals surface area (Å²) in [5, 5.41) is 10.1. The van der Waals surface area contributed by atoms with E-state index in [2.05, 4.69) is 9.97 Å². The first-order chi connectivity index (χ1) is 9.25. The molecule has 5 nitrogen and oxygen atoms in total. The summed E-state index contributed by atoms with van der Waals surface area (Å²) in [6, 6.07) is 0. The van der Waals surface area contributed by atoms with E-state index in [0.29, 0.717) is 18.0 Å². The second kappa shape index (κ2) is 5.33. The number of nitrogens with one attached hydrogen (secondary N) is 1. The van der Waals surface area contributed by atoms with Crippen LogP contribution >= 0.6 is 0 Å². The molecule has 0 spiro atoms. The van der Waals surface area contributed by atoms with E-state index in [9.17, 15) is 9.90 Å². The highest BCUT2D eigenvalue weighted by atomic mass is 16.5. The highest BCUT2D eigenvalue weighted by Gasteiger charge is 2.26. The van der Waals surface area contributed by atoms with Crippen LogP contribution in [0.4, 0.5) is 0 Å². The maximum absolute atomic E-state index is 12.2. The predicted molar refractivity (Wildman–Crippen MR) is 70.5 cm³/mol. The van der Waals surface area contributed by atoms with Gasteiger partial charge < -0.3 is 14.8 Å². The number of nitrogens with zero attached hydrogens (tertiary/aromatic N) is 1. The first-order valence-electron chi connectivity index (χ1n) is 7.16. The lowest BCUT2D eigenvalue weighted by atomic mass is 9.98. The normalized spacial score (nSPS) is 24.7. The lowest BCUT2D eigenvalue weighted by molar-refractivity contribution is 0.0777. The number of ether oxygens (including phenoxy) is 1. The third kappa shape index (κ3) is 2.52. The van der Waals surface area contributed by atoms with Gasteiger partial charge in [0.15, 0.2) is 0 Å². The zero-order valence-corrected chi connectivity index (χ0v) is 11.0. The van der Waals surface area contributed by atoms with Gasteiger partial charge in [0.1, 0.15) is 5.82 Å². The van der Waals surface area contributed by atoms with Crippen LogP contribution < -0.4 is 5.56 Å². The molecule has 1 aromatic rings. The SMILES string of the molecule is O=c1[nH]c(C2CCCOC2)nc(O)c1C1CCCC1. The molecule has 19 heavy (non-hydrogen) atoms. The molecule has 1 aromatic heterocycles. The summed E-state index contributed by atoms with van der Waals surface area (Å²) in [6.45, 7) is 1.35. The highest BCUT2D eigenvalue weighted by Crippen LogP contribution is 2.36. The number of H-pyrrole nitrogens is 1. The summed E-state index contributed by atoms with van der Waals surface area (Å²) in [5.74, 6) is 0.776. The summed E-state index contributed by atoms with van der Waals surface area (Å²) in [6.07, 6.45) is 6.13. The molecule has 2 fully saturated rings. The quantitative estimate of drug-likeness (QED) is 0.857. The zero-order valence-electron chi connectivity index (χ0n) is 11.0. The maximum Gasteiger partial charge on any atom is 0.258 e. The topological polar surface area (TPSA) is 75.2 Å². The molecule has 1 aliphatic carbocycles. The number of hydrogen-bond donors (Lipinski definition) is 2. The van der Waals surface area contributed by atoms with Crippen LogP contribution in [0.3, 0.4) is 0 Å². The first kappa shape index (κ1) is 12.7. The van der Waals surface area contributed by atoms with E-state index in [4.69, 9.17) is 4.74 Å². The molecular formula is C14H20N2O3. The Morgan fingerprint density at radius 1 is 1.16 bits per heavy atom. The Hall–Kier alpha value is -1.36. The molecular weight excluding hydrogens is 244 g/mol. The highest BCUT2D eigenvalue weighted by molar-refractivity contribution is 5.28. The fraction of sp³-hybridized carbons (Fsp3) is 0.714. The average molecular weight is 264 g/mol. The molecule has 1 atom stereocenters. The molecule has 2 N–H and O–H groups in total. The van der Waals surface area contributed by atoms with Crippen LogP contribution in [0.15, 0.2) is 4.79 Å². The molecule has 1 aliphatic heterocycles. The molecule has 1 unspecified atom stereocenters. The number of hydrogen-bond acceptors (Lipinski definition) is 4. The Morgan fingerprint density at radius 3 is 2.53 bits per heavy atom. The summed E-state index contributed by atoms with van der Waals surface area (Å²) in [7, 11) is 0. The number of aromatic hydroxyl groups is 1. The Labute approximate surface area is 112 Å². The lowest BCUT2D eigenvalue weighted by Gasteiger charge is -2.21. The van der Waals surface area contributed by atoms with Gasteiger partial charge in [-0.05, 0) is 31.6 Å². The van der Waals surface area contributed by atoms with E-state index in [-0.39, 0.29) is 23.3 Å². The van der Waals surface area contributed by atoms with E-state index < -0.39 is 0 Å². The Balaban J connectivity index is 1.90.